The summed E-state index contributed by atoms with van der Waals surface area (Å²) in [6, 6.07) is 5.89. The van der Waals surface area contributed by atoms with Crippen LogP contribution in [0.2, 0.25) is 0 Å². The van der Waals surface area contributed by atoms with Crippen LogP contribution in [0.3, 0.4) is 0 Å². The number of carbonyl (C=O) groups is 1. The van der Waals surface area contributed by atoms with Gasteiger partial charge in [-0.3, -0.25) is 9.59 Å². The number of aromatic nitrogens is 1. The van der Waals surface area contributed by atoms with Gasteiger partial charge >= 0.3 is 6.61 Å². The fourth-order valence-electron chi connectivity index (χ4n) is 3.17. The molecule has 0 bridgehead atoms. The third kappa shape index (κ3) is 3.99. The summed E-state index contributed by atoms with van der Waals surface area (Å²) in [6.07, 6.45) is 0.403. The lowest BCUT2D eigenvalue weighted by Crippen LogP contribution is -2.37. The van der Waals surface area contributed by atoms with Gasteiger partial charge in [0.05, 0.1) is 19.8 Å². The molecule has 1 amide bonds. The van der Waals surface area contributed by atoms with E-state index in [1.807, 2.05) is 0 Å². The maximum absolute atomic E-state index is 13.0. The molecule has 2 aromatic rings. The molecule has 1 aromatic heterocycles. The van der Waals surface area contributed by atoms with Gasteiger partial charge < -0.3 is 24.5 Å². The molecule has 3 rings (SSSR count). The minimum atomic E-state index is -2.92. The lowest BCUT2D eigenvalue weighted by atomic mass is 10.0. The van der Waals surface area contributed by atoms with Crippen LogP contribution >= 0.6 is 0 Å². The van der Waals surface area contributed by atoms with Crippen LogP contribution in [0.4, 0.5) is 8.78 Å². The smallest absolute Gasteiger partial charge is 0.387 e. The topological polar surface area (TPSA) is 89.8 Å². The predicted molar refractivity (Wildman–Crippen MR) is 95.9 cm³/mol. The molecule has 0 atom stereocenters. The average molecular weight is 394 g/mol. The van der Waals surface area contributed by atoms with Crippen molar-refractivity contribution in [1.29, 1.82) is 0 Å². The number of hydrogen-bond acceptors (Lipinski definition) is 5. The van der Waals surface area contributed by atoms with Crippen LogP contribution in [0.25, 0.3) is 0 Å². The Morgan fingerprint density at radius 2 is 2.07 bits per heavy atom. The van der Waals surface area contributed by atoms with Crippen molar-refractivity contribution in [2.24, 2.45) is 0 Å². The zero-order chi connectivity index (χ0) is 20.3. The van der Waals surface area contributed by atoms with Crippen molar-refractivity contribution in [2.45, 2.75) is 33.1 Å². The van der Waals surface area contributed by atoms with Gasteiger partial charge in [0.15, 0.2) is 0 Å². The number of aromatic hydroxyl groups is 1. The number of pyridine rings is 1. The van der Waals surface area contributed by atoms with Crippen LogP contribution in [0.5, 0.6) is 11.5 Å². The van der Waals surface area contributed by atoms with Crippen LogP contribution in [0, 0.1) is 0 Å². The standard InChI is InChI=1S/C19H20F2N2O5/c1-2-22-17(25)15-16(24)13-10-27-8-7-14(13)23(18(15)26)9-11-3-5-12(6-4-11)28-19(20)21/h3-6,19,24H,2,7-10H2,1H3,(H,22,25). The number of halogens is 2. The van der Waals surface area contributed by atoms with Gasteiger partial charge in [-0.25, -0.2) is 0 Å². The van der Waals surface area contributed by atoms with Crippen molar-refractivity contribution in [3.8, 4) is 11.5 Å². The third-order valence-corrected chi connectivity index (χ3v) is 4.44. The van der Waals surface area contributed by atoms with E-state index in [0.29, 0.717) is 36.4 Å². The molecule has 0 aliphatic carbocycles. The maximum Gasteiger partial charge on any atom is 0.387 e. The number of nitrogens with zero attached hydrogens (tertiary/aromatic N) is 1. The molecule has 2 N–H and O–H groups in total. The van der Waals surface area contributed by atoms with E-state index in [1.54, 1.807) is 19.1 Å². The normalized spacial score (nSPS) is 13.3. The molecule has 150 valence electrons. The predicted octanol–water partition coefficient (Wildman–Crippen LogP) is 2.03. The quantitative estimate of drug-likeness (QED) is 0.783. The molecule has 9 heteroatoms. The molecule has 0 radical (unpaired) electrons. The van der Waals surface area contributed by atoms with Crippen molar-refractivity contribution in [2.75, 3.05) is 13.2 Å². The van der Waals surface area contributed by atoms with Gasteiger partial charge in [-0.05, 0) is 24.6 Å². The second-order valence-corrected chi connectivity index (χ2v) is 6.22. The van der Waals surface area contributed by atoms with Crippen molar-refractivity contribution in [3.05, 3.63) is 57.0 Å². The van der Waals surface area contributed by atoms with Gasteiger partial charge in [-0.15, -0.1) is 0 Å². The Kier molecular flexibility index (Phi) is 5.93. The fraction of sp³-hybridized carbons (Fsp3) is 0.368. The van der Waals surface area contributed by atoms with Gasteiger partial charge in [-0.1, -0.05) is 12.1 Å². The van der Waals surface area contributed by atoms with Crippen molar-refractivity contribution in [1.82, 2.24) is 9.88 Å². The van der Waals surface area contributed by atoms with E-state index in [4.69, 9.17) is 4.74 Å². The largest absolute Gasteiger partial charge is 0.506 e. The fourth-order valence-corrected chi connectivity index (χ4v) is 3.17. The van der Waals surface area contributed by atoms with Gasteiger partial charge in [0.1, 0.15) is 17.1 Å². The Morgan fingerprint density at radius 1 is 1.36 bits per heavy atom. The summed E-state index contributed by atoms with van der Waals surface area (Å²) in [7, 11) is 0. The van der Waals surface area contributed by atoms with Crippen LogP contribution in [0.1, 0.15) is 34.1 Å². The Bertz CT molecular complexity index is 925. The Hall–Kier alpha value is -2.94. The second kappa shape index (κ2) is 8.39. The number of nitrogens with one attached hydrogen (secondary N) is 1. The monoisotopic (exact) mass is 394 g/mol. The van der Waals surface area contributed by atoms with E-state index in [1.165, 1.54) is 16.7 Å². The lowest BCUT2D eigenvalue weighted by molar-refractivity contribution is -0.0498. The van der Waals surface area contributed by atoms with E-state index in [9.17, 15) is 23.5 Å². The van der Waals surface area contributed by atoms with E-state index in [0.717, 1.165) is 0 Å². The Balaban J connectivity index is 2.03. The summed E-state index contributed by atoms with van der Waals surface area (Å²) >= 11 is 0. The summed E-state index contributed by atoms with van der Waals surface area (Å²) < 4.78 is 35.7. The molecule has 1 aliphatic heterocycles. The molecule has 0 fully saturated rings. The zero-order valence-electron chi connectivity index (χ0n) is 15.2. The number of benzene rings is 1. The highest BCUT2D eigenvalue weighted by atomic mass is 19.3. The van der Waals surface area contributed by atoms with Gasteiger partial charge in [-0.2, -0.15) is 8.78 Å². The molecule has 0 spiro atoms. The van der Waals surface area contributed by atoms with Gasteiger partial charge in [0, 0.05) is 24.2 Å². The van der Waals surface area contributed by atoms with E-state index >= 15 is 0 Å². The molecular formula is C19H20F2N2O5. The number of amides is 1. The molecule has 0 saturated carbocycles. The molecule has 28 heavy (non-hydrogen) atoms. The summed E-state index contributed by atoms with van der Waals surface area (Å²) in [5, 5.41) is 13.0. The number of fused-ring (bicyclic) bond motifs is 1. The van der Waals surface area contributed by atoms with E-state index in [-0.39, 0.29) is 30.2 Å². The molecule has 2 heterocycles. The summed E-state index contributed by atoms with van der Waals surface area (Å²) in [5.74, 6) is -1.01. The van der Waals surface area contributed by atoms with E-state index in [2.05, 4.69) is 10.1 Å². The first-order valence-corrected chi connectivity index (χ1v) is 8.79. The highest BCUT2D eigenvalue weighted by Crippen LogP contribution is 2.28. The number of carbonyl (C=O) groups excluding carboxylic acids is 1. The first-order chi connectivity index (χ1) is 13.4. The summed E-state index contributed by atoms with van der Waals surface area (Å²) in [5.41, 5.74) is 0.713. The first kappa shape index (κ1) is 19.8. The average Bonchev–Trinajstić information content (AvgIpc) is 2.66. The van der Waals surface area contributed by atoms with Crippen molar-refractivity contribution < 1.29 is 28.2 Å². The highest BCUT2D eigenvalue weighted by molar-refractivity contribution is 5.97. The van der Waals surface area contributed by atoms with E-state index < -0.39 is 18.1 Å². The van der Waals surface area contributed by atoms with Crippen LogP contribution < -0.4 is 15.6 Å². The number of rotatable bonds is 6. The SMILES string of the molecule is CCNC(=O)c1c(O)c2c(n(Cc3ccc(OC(F)F)cc3)c1=O)CCOC2. The molecule has 1 aliphatic rings. The van der Waals surface area contributed by atoms with Crippen molar-refractivity contribution in [3.63, 3.8) is 0 Å². The number of ether oxygens (including phenoxy) is 2. The highest BCUT2D eigenvalue weighted by Gasteiger charge is 2.27. The Morgan fingerprint density at radius 3 is 2.71 bits per heavy atom. The summed E-state index contributed by atoms with van der Waals surface area (Å²) in [6.45, 7) is -0.322. The van der Waals surface area contributed by atoms with Crippen molar-refractivity contribution >= 4 is 5.91 Å². The second-order valence-electron chi connectivity index (χ2n) is 6.22. The minimum Gasteiger partial charge on any atom is -0.506 e. The molecule has 0 saturated heterocycles. The summed E-state index contributed by atoms with van der Waals surface area (Å²) in [4.78, 5) is 25.3. The van der Waals surface area contributed by atoms with Crippen LogP contribution in [-0.4, -0.2) is 35.3 Å². The number of hydrogen-bond donors (Lipinski definition) is 2. The van der Waals surface area contributed by atoms with Gasteiger partial charge in [0.25, 0.3) is 11.5 Å². The molecule has 7 nitrogen and oxygen atoms in total. The Labute approximate surface area is 159 Å². The third-order valence-electron chi connectivity index (χ3n) is 4.44. The van der Waals surface area contributed by atoms with Gasteiger partial charge in [0.2, 0.25) is 0 Å². The van der Waals surface area contributed by atoms with Crippen LogP contribution in [-0.2, 0) is 24.3 Å². The van der Waals surface area contributed by atoms with Crippen LogP contribution in [0.15, 0.2) is 29.1 Å². The minimum absolute atomic E-state index is 0.00949. The molecule has 0 unspecified atom stereocenters. The number of alkyl halides is 2. The maximum atomic E-state index is 13.0. The molecule has 1 aromatic carbocycles. The first-order valence-electron chi connectivity index (χ1n) is 8.79. The lowest BCUT2D eigenvalue weighted by Gasteiger charge is -2.24. The zero-order valence-corrected chi connectivity index (χ0v) is 15.2. The molecular weight excluding hydrogens is 374 g/mol.